The van der Waals surface area contributed by atoms with Gasteiger partial charge in [-0.2, -0.15) is 0 Å². The van der Waals surface area contributed by atoms with E-state index in [0.717, 1.165) is 0 Å². The number of carbonyl (C=O) groups is 3. The molecular weight excluding hydrogens is 440 g/mol. The number of benzene rings is 2. The lowest BCUT2D eigenvalue weighted by atomic mass is 9.75. The molecule has 2 aliphatic heterocycles. The maximum Gasteiger partial charge on any atom is 0.379 e. The number of nitrogens with zero attached hydrogens (tertiary/aromatic N) is 2. The number of rotatable bonds is 6. The molecule has 1 amide bonds. The van der Waals surface area contributed by atoms with Crippen molar-refractivity contribution in [3.63, 3.8) is 0 Å². The molecule has 176 valence electrons. The molecular formula is C25H24N2O7. The largest absolute Gasteiger partial charge is 0.446 e. The molecule has 2 atom stereocenters. The van der Waals surface area contributed by atoms with Crippen LogP contribution in [0.15, 0.2) is 60.7 Å². The second-order valence-corrected chi connectivity index (χ2v) is 8.86. The third kappa shape index (κ3) is 3.71. The minimum Gasteiger partial charge on any atom is -0.446 e. The summed E-state index contributed by atoms with van der Waals surface area (Å²) in [6, 6.07) is 18.1. The smallest absolute Gasteiger partial charge is 0.379 e. The number of hydrogen-bond acceptors (Lipinski definition) is 7. The first kappa shape index (κ1) is 23.4. The lowest BCUT2D eigenvalue weighted by Gasteiger charge is -2.34. The molecule has 2 aromatic carbocycles. The van der Waals surface area contributed by atoms with Gasteiger partial charge < -0.3 is 14.7 Å². The van der Waals surface area contributed by atoms with E-state index in [1.165, 1.54) is 13.8 Å². The Labute approximate surface area is 196 Å². The summed E-state index contributed by atoms with van der Waals surface area (Å²) >= 11 is 0. The van der Waals surface area contributed by atoms with E-state index in [2.05, 4.69) is 4.85 Å². The van der Waals surface area contributed by atoms with E-state index in [4.69, 9.17) is 21.0 Å². The molecule has 4 rings (SSSR count). The zero-order valence-corrected chi connectivity index (χ0v) is 18.8. The van der Waals surface area contributed by atoms with Crippen molar-refractivity contribution in [2.75, 3.05) is 6.61 Å². The molecule has 9 nitrogen and oxygen atoms in total. The zero-order chi connectivity index (χ0) is 24.6. The van der Waals surface area contributed by atoms with Crippen molar-refractivity contribution in [3.05, 3.63) is 83.2 Å². The fraction of sp³-hybridized carbons (Fsp3) is 0.360. The molecule has 1 N–H and O–H groups in total. The summed E-state index contributed by atoms with van der Waals surface area (Å²) in [4.78, 5) is 52.8. The standard InChI is InChI=1S/C25H24N2O7/c1-23(2,31)25(26-3)16-32-27(21(25)29)34-22(30)24(15-14-19(28)33-24)20(17-10-6-4-7-11-17)18-12-8-5-9-13-18/h4-13,20,31H,14-16H2,1-2H3. The van der Waals surface area contributed by atoms with Crippen LogP contribution in [-0.4, -0.2) is 51.5 Å². The molecule has 2 aromatic rings. The van der Waals surface area contributed by atoms with Gasteiger partial charge in [0.05, 0.1) is 5.92 Å². The van der Waals surface area contributed by atoms with Gasteiger partial charge in [-0.15, -0.1) is 0 Å². The van der Waals surface area contributed by atoms with Gasteiger partial charge in [-0.1, -0.05) is 60.7 Å². The number of carbonyl (C=O) groups excluding carboxylic acids is 3. The number of esters is 1. The maximum absolute atomic E-state index is 13.6. The van der Waals surface area contributed by atoms with Crippen molar-refractivity contribution in [3.8, 4) is 0 Å². The van der Waals surface area contributed by atoms with Gasteiger partial charge in [-0.05, 0) is 30.2 Å². The summed E-state index contributed by atoms with van der Waals surface area (Å²) in [6.45, 7) is 9.57. The Hall–Kier alpha value is -3.74. The summed E-state index contributed by atoms with van der Waals surface area (Å²) in [6.07, 6.45) is -0.00363. The van der Waals surface area contributed by atoms with E-state index < -0.39 is 47.1 Å². The topological polar surface area (TPSA) is 107 Å². The second-order valence-electron chi connectivity index (χ2n) is 8.86. The van der Waals surface area contributed by atoms with Crippen molar-refractivity contribution in [1.82, 2.24) is 5.23 Å². The number of hydroxylamine groups is 2. The van der Waals surface area contributed by atoms with Crippen LogP contribution >= 0.6 is 0 Å². The first-order chi connectivity index (χ1) is 16.1. The van der Waals surface area contributed by atoms with Gasteiger partial charge in [-0.25, -0.2) is 16.2 Å². The Morgan fingerprint density at radius 1 is 1.12 bits per heavy atom. The third-order valence-corrected chi connectivity index (χ3v) is 6.35. The van der Waals surface area contributed by atoms with Crippen LogP contribution in [0.5, 0.6) is 0 Å². The van der Waals surface area contributed by atoms with Crippen LogP contribution in [-0.2, 0) is 28.8 Å². The predicted octanol–water partition coefficient (Wildman–Crippen LogP) is 2.56. The molecule has 0 spiro atoms. The van der Waals surface area contributed by atoms with E-state index >= 15 is 0 Å². The van der Waals surface area contributed by atoms with E-state index in [9.17, 15) is 19.5 Å². The highest BCUT2D eigenvalue weighted by molar-refractivity contribution is 5.93. The van der Waals surface area contributed by atoms with E-state index in [1.54, 1.807) is 0 Å². The monoisotopic (exact) mass is 464 g/mol. The molecule has 34 heavy (non-hydrogen) atoms. The molecule has 9 heteroatoms. The Morgan fingerprint density at radius 3 is 2.09 bits per heavy atom. The Bertz CT molecular complexity index is 1100. The molecule has 2 unspecified atom stereocenters. The molecule has 2 saturated heterocycles. The fourth-order valence-electron chi connectivity index (χ4n) is 4.38. The molecule has 2 heterocycles. The number of ether oxygens (including phenoxy) is 1. The summed E-state index contributed by atoms with van der Waals surface area (Å²) in [7, 11) is 0. The third-order valence-electron chi connectivity index (χ3n) is 6.35. The average molecular weight is 464 g/mol. The van der Waals surface area contributed by atoms with E-state index in [-0.39, 0.29) is 12.8 Å². The first-order valence-corrected chi connectivity index (χ1v) is 10.8. The van der Waals surface area contributed by atoms with Gasteiger partial charge in [0.25, 0.3) is 0 Å². The van der Waals surface area contributed by atoms with Crippen molar-refractivity contribution in [2.45, 2.75) is 49.3 Å². The van der Waals surface area contributed by atoms with Gasteiger partial charge in [0.1, 0.15) is 5.60 Å². The van der Waals surface area contributed by atoms with Gasteiger partial charge in [-0.3, -0.25) is 14.4 Å². The molecule has 2 fully saturated rings. The first-order valence-electron chi connectivity index (χ1n) is 10.8. The van der Waals surface area contributed by atoms with Crippen molar-refractivity contribution in [1.29, 1.82) is 0 Å². The van der Waals surface area contributed by atoms with Gasteiger partial charge >= 0.3 is 23.4 Å². The highest BCUT2D eigenvalue weighted by Crippen LogP contribution is 2.45. The van der Waals surface area contributed by atoms with Crippen LogP contribution in [0.4, 0.5) is 0 Å². The Morgan fingerprint density at radius 2 is 1.68 bits per heavy atom. The minimum atomic E-state index is -1.98. The van der Waals surface area contributed by atoms with Gasteiger partial charge in [0.15, 0.2) is 6.61 Å². The van der Waals surface area contributed by atoms with Crippen molar-refractivity contribution in [2.24, 2.45) is 0 Å². The molecule has 0 bridgehead atoms. The van der Waals surface area contributed by atoms with Crippen LogP contribution in [0, 0.1) is 6.57 Å². The van der Waals surface area contributed by atoms with E-state index in [1.807, 2.05) is 60.7 Å². The number of cyclic esters (lactones) is 1. The van der Waals surface area contributed by atoms with Crippen LogP contribution < -0.4 is 0 Å². The SMILES string of the molecule is [C-]#[N+]C1(C(C)(C)O)CON(OC(=O)C2(C(c3ccccc3)c3ccccc3)CCC(=O)O2)C1=O. The quantitative estimate of drug-likeness (QED) is 0.517. The summed E-state index contributed by atoms with van der Waals surface area (Å²) in [5.74, 6) is -3.33. The molecule has 0 aliphatic carbocycles. The van der Waals surface area contributed by atoms with Crippen molar-refractivity contribution >= 4 is 17.8 Å². The van der Waals surface area contributed by atoms with Crippen LogP contribution in [0.25, 0.3) is 4.85 Å². The summed E-state index contributed by atoms with van der Waals surface area (Å²) in [5.41, 5.74) is -4.10. The second kappa shape index (κ2) is 8.56. The highest BCUT2D eigenvalue weighted by atomic mass is 17.0. The highest BCUT2D eigenvalue weighted by Gasteiger charge is 2.67. The van der Waals surface area contributed by atoms with E-state index in [0.29, 0.717) is 16.4 Å². The molecule has 0 aromatic heterocycles. The lowest BCUT2D eigenvalue weighted by molar-refractivity contribution is -0.310. The van der Waals surface area contributed by atoms with Crippen molar-refractivity contribution < 1.29 is 33.9 Å². The van der Waals surface area contributed by atoms with Crippen LogP contribution in [0.3, 0.4) is 0 Å². The van der Waals surface area contributed by atoms with Gasteiger partial charge in [0, 0.05) is 12.8 Å². The molecule has 0 saturated carbocycles. The fourth-order valence-corrected chi connectivity index (χ4v) is 4.38. The Kier molecular flexibility index (Phi) is 5.89. The lowest BCUT2D eigenvalue weighted by Crippen LogP contribution is -2.56. The predicted molar refractivity (Wildman–Crippen MR) is 117 cm³/mol. The maximum atomic E-state index is 13.6. The zero-order valence-electron chi connectivity index (χ0n) is 18.8. The van der Waals surface area contributed by atoms with Crippen LogP contribution in [0.1, 0.15) is 43.7 Å². The van der Waals surface area contributed by atoms with Crippen LogP contribution in [0.2, 0.25) is 0 Å². The normalized spacial score (nSPS) is 24.7. The molecule has 0 radical (unpaired) electrons. The number of aliphatic hydroxyl groups is 1. The number of hydrogen-bond donors (Lipinski definition) is 1. The minimum absolute atomic E-state index is 0.0145. The van der Waals surface area contributed by atoms with Gasteiger partial charge in [0.2, 0.25) is 5.60 Å². The molecule has 2 aliphatic rings. The Balaban J connectivity index is 1.73. The number of amides is 1. The average Bonchev–Trinajstić information content (AvgIpc) is 3.36. The summed E-state index contributed by atoms with van der Waals surface area (Å²) in [5, 5.41) is 10.7. The summed E-state index contributed by atoms with van der Waals surface area (Å²) < 4.78 is 5.66.